The summed E-state index contributed by atoms with van der Waals surface area (Å²) < 4.78 is 0. The van der Waals surface area contributed by atoms with Crippen LogP contribution >= 0.6 is 0 Å². The van der Waals surface area contributed by atoms with Gasteiger partial charge >= 0.3 is 0 Å². The molecule has 132 valence electrons. The first kappa shape index (κ1) is 18.5. The highest BCUT2D eigenvalue weighted by Gasteiger charge is 2.32. The number of likely N-dealkylation sites (tertiary alicyclic amines) is 1. The molecule has 1 aliphatic rings. The first-order chi connectivity index (χ1) is 11.2. The molecule has 1 heterocycles. The van der Waals surface area contributed by atoms with Gasteiger partial charge in [-0.2, -0.15) is 0 Å². The van der Waals surface area contributed by atoms with Crippen LogP contribution in [0.3, 0.4) is 0 Å². The lowest BCUT2D eigenvalue weighted by atomic mass is 9.90. The molecule has 0 radical (unpaired) electrons. The Morgan fingerprint density at radius 2 is 1.79 bits per heavy atom. The Hall–Kier alpha value is -1.84. The summed E-state index contributed by atoms with van der Waals surface area (Å²) in [6.45, 7) is 11.9. The smallest absolute Gasteiger partial charge is 0.227 e. The Morgan fingerprint density at radius 1 is 1.17 bits per heavy atom. The first-order valence-electron chi connectivity index (χ1n) is 8.81. The summed E-state index contributed by atoms with van der Waals surface area (Å²) in [5.41, 5.74) is 3.26. The maximum atomic E-state index is 12.4. The second-order valence-electron chi connectivity index (χ2n) is 7.96. The SMILES string of the molecule is Cc1ccc(CNC(=O)C2CCN(C(=O)C(C)(C)C)CC2)c(C)c1. The highest BCUT2D eigenvalue weighted by atomic mass is 16.2. The van der Waals surface area contributed by atoms with E-state index < -0.39 is 0 Å². The van der Waals surface area contributed by atoms with Crippen LogP contribution in [0.1, 0.15) is 50.3 Å². The lowest BCUT2D eigenvalue weighted by molar-refractivity contribution is -0.142. The summed E-state index contributed by atoms with van der Waals surface area (Å²) in [7, 11) is 0. The van der Waals surface area contributed by atoms with Gasteiger partial charge in [0.15, 0.2) is 0 Å². The molecule has 2 rings (SSSR count). The molecular formula is C20H30N2O2. The molecule has 0 saturated carbocycles. The number of piperidine rings is 1. The lowest BCUT2D eigenvalue weighted by Gasteiger charge is -2.35. The number of benzene rings is 1. The number of nitrogens with one attached hydrogen (secondary N) is 1. The molecule has 0 atom stereocenters. The number of aryl methyl sites for hydroxylation is 2. The van der Waals surface area contributed by atoms with Crippen molar-refractivity contribution in [2.45, 2.75) is 54.0 Å². The fourth-order valence-corrected chi connectivity index (χ4v) is 3.19. The van der Waals surface area contributed by atoms with Crippen molar-refractivity contribution in [1.29, 1.82) is 0 Å². The molecule has 4 nitrogen and oxygen atoms in total. The van der Waals surface area contributed by atoms with Gasteiger partial charge in [0.25, 0.3) is 0 Å². The minimum atomic E-state index is -0.349. The summed E-state index contributed by atoms with van der Waals surface area (Å²) >= 11 is 0. The van der Waals surface area contributed by atoms with Crippen LogP contribution in [0.5, 0.6) is 0 Å². The molecule has 1 aromatic rings. The topological polar surface area (TPSA) is 49.4 Å². The molecule has 1 fully saturated rings. The zero-order chi connectivity index (χ0) is 17.9. The first-order valence-corrected chi connectivity index (χ1v) is 8.81. The van der Waals surface area contributed by atoms with Gasteiger partial charge in [-0.3, -0.25) is 9.59 Å². The average molecular weight is 330 g/mol. The highest BCUT2D eigenvalue weighted by molar-refractivity contribution is 5.82. The normalized spacial score (nSPS) is 16.1. The van der Waals surface area contributed by atoms with Crippen molar-refractivity contribution in [1.82, 2.24) is 10.2 Å². The minimum absolute atomic E-state index is 0.0137. The summed E-state index contributed by atoms with van der Waals surface area (Å²) in [4.78, 5) is 26.6. The zero-order valence-corrected chi connectivity index (χ0v) is 15.6. The van der Waals surface area contributed by atoms with Crippen LogP contribution in [0, 0.1) is 25.2 Å². The van der Waals surface area contributed by atoms with Gasteiger partial charge in [0.1, 0.15) is 0 Å². The van der Waals surface area contributed by atoms with Crippen LogP contribution in [0.15, 0.2) is 18.2 Å². The summed E-state index contributed by atoms with van der Waals surface area (Å²) in [6.07, 6.45) is 1.50. The minimum Gasteiger partial charge on any atom is -0.352 e. The van der Waals surface area contributed by atoms with Gasteiger partial charge in [0, 0.05) is 31.0 Å². The van der Waals surface area contributed by atoms with Crippen molar-refractivity contribution in [3.8, 4) is 0 Å². The Labute approximate surface area is 145 Å². The number of rotatable bonds is 3. The van der Waals surface area contributed by atoms with Crippen LogP contribution in [-0.4, -0.2) is 29.8 Å². The summed E-state index contributed by atoms with van der Waals surface area (Å²) in [5, 5.41) is 3.06. The second kappa shape index (κ2) is 7.37. The van der Waals surface area contributed by atoms with Gasteiger partial charge in [0.05, 0.1) is 0 Å². The van der Waals surface area contributed by atoms with Crippen LogP contribution in [-0.2, 0) is 16.1 Å². The molecule has 0 aromatic heterocycles. The third-order valence-electron chi connectivity index (χ3n) is 4.75. The van der Waals surface area contributed by atoms with E-state index in [9.17, 15) is 9.59 Å². The van der Waals surface area contributed by atoms with Gasteiger partial charge in [-0.15, -0.1) is 0 Å². The summed E-state index contributed by atoms with van der Waals surface area (Å²) in [5.74, 6) is 0.300. The highest BCUT2D eigenvalue weighted by Crippen LogP contribution is 2.23. The Balaban J connectivity index is 1.84. The molecule has 0 bridgehead atoms. The Bertz CT molecular complexity index is 609. The predicted octanol–water partition coefficient (Wildman–Crippen LogP) is 3.20. The Morgan fingerprint density at radius 3 is 2.33 bits per heavy atom. The van der Waals surface area contributed by atoms with Crippen LogP contribution in [0.2, 0.25) is 0 Å². The predicted molar refractivity (Wildman–Crippen MR) is 96.5 cm³/mol. The molecule has 0 aliphatic carbocycles. The van der Waals surface area contributed by atoms with Gasteiger partial charge in [-0.25, -0.2) is 0 Å². The van der Waals surface area contributed by atoms with Crippen LogP contribution in [0.25, 0.3) is 0 Å². The number of hydrogen-bond donors (Lipinski definition) is 1. The second-order valence-corrected chi connectivity index (χ2v) is 7.96. The molecule has 1 N–H and O–H groups in total. The molecule has 24 heavy (non-hydrogen) atoms. The monoisotopic (exact) mass is 330 g/mol. The van der Waals surface area contributed by atoms with E-state index in [-0.39, 0.29) is 23.1 Å². The number of carbonyl (C=O) groups excluding carboxylic acids is 2. The maximum absolute atomic E-state index is 12.4. The maximum Gasteiger partial charge on any atom is 0.227 e. The van der Waals surface area contributed by atoms with Crippen molar-refractivity contribution >= 4 is 11.8 Å². The molecular weight excluding hydrogens is 300 g/mol. The molecule has 1 saturated heterocycles. The van der Waals surface area contributed by atoms with Crippen LogP contribution in [0.4, 0.5) is 0 Å². The van der Waals surface area contributed by atoms with Crippen molar-refractivity contribution in [2.24, 2.45) is 11.3 Å². The van der Waals surface area contributed by atoms with E-state index >= 15 is 0 Å². The number of hydrogen-bond acceptors (Lipinski definition) is 2. The van der Waals surface area contributed by atoms with E-state index in [1.54, 1.807) is 0 Å². The van der Waals surface area contributed by atoms with Crippen LogP contribution < -0.4 is 5.32 Å². The van der Waals surface area contributed by atoms with Crippen molar-refractivity contribution in [2.75, 3.05) is 13.1 Å². The standard InChI is InChI=1S/C20H30N2O2/c1-14-6-7-17(15(2)12-14)13-21-18(23)16-8-10-22(11-9-16)19(24)20(3,4)5/h6-7,12,16H,8-11,13H2,1-5H3,(H,21,23). The largest absolute Gasteiger partial charge is 0.352 e. The van der Waals surface area contributed by atoms with E-state index in [0.717, 1.165) is 18.4 Å². The fraction of sp³-hybridized carbons (Fsp3) is 0.600. The van der Waals surface area contributed by atoms with Crippen molar-refractivity contribution in [3.63, 3.8) is 0 Å². The zero-order valence-electron chi connectivity index (χ0n) is 15.6. The third-order valence-corrected chi connectivity index (χ3v) is 4.75. The quantitative estimate of drug-likeness (QED) is 0.925. The van der Waals surface area contributed by atoms with Gasteiger partial charge < -0.3 is 10.2 Å². The summed E-state index contributed by atoms with van der Waals surface area (Å²) in [6, 6.07) is 6.29. The lowest BCUT2D eigenvalue weighted by Crippen LogP contribution is -2.46. The molecule has 2 amide bonds. The van der Waals surface area contributed by atoms with E-state index in [4.69, 9.17) is 0 Å². The molecule has 1 aromatic carbocycles. The van der Waals surface area contributed by atoms with E-state index in [1.165, 1.54) is 11.1 Å². The number of amides is 2. The molecule has 1 aliphatic heterocycles. The van der Waals surface area contributed by atoms with E-state index in [1.807, 2.05) is 25.7 Å². The number of nitrogens with zero attached hydrogens (tertiary/aromatic N) is 1. The molecule has 0 spiro atoms. The van der Waals surface area contributed by atoms with Gasteiger partial charge in [0.2, 0.25) is 11.8 Å². The van der Waals surface area contributed by atoms with Gasteiger partial charge in [-0.05, 0) is 37.8 Å². The average Bonchev–Trinajstić information content (AvgIpc) is 2.52. The fourth-order valence-electron chi connectivity index (χ4n) is 3.19. The van der Waals surface area contributed by atoms with Gasteiger partial charge in [-0.1, -0.05) is 44.5 Å². The third kappa shape index (κ3) is 4.59. The molecule has 0 unspecified atom stereocenters. The van der Waals surface area contributed by atoms with Crippen molar-refractivity contribution < 1.29 is 9.59 Å². The Kier molecular flexibility index (Phi) is 5.68. The van der Waals surface area contributed by atoms with E-state index in [0.29, 0.717) is 19.6 Å². The van der Waals surface area contributed by atoms with E-state index in [2.05, 4.69) is 37.4 Å². The number of carbonyl (C=O) groups is 2. The molecule has 4 heteroatoms. The van der Waals surface area contributed by atoms with Crippen molar-refractivity contribution in [3.05, 3.63) is 34.9 Å².